The first kappa shape index (κ1) is 19.5. The van der Waals surface area contributed by atoms with Crippen LogP contribution in [0.15, 0.2) is 54.7 Å². The SMILES string of the molecule is COc1ccc(OCc2ccc(C(=O)NC(C)c3cn(C)nc3C)cc2)cc1. The minimum atomic E-state index is -0.113. The Kier molecular flexibility index (Phi) is 5.99. The number of methoxy groups -OCH3 is 1. The number of rotatable bonds is 7. The molecule has 0 fully saturated rings. The van der Waals surface area contributed by atoms with E-state index in [1.54, 1.807) is 11.8 Å². The van der Waals surface area contributed by atoms with Crippen LogP contribution in [0.5, 0.6) is 11.5 Å². The number of aryl methyl sites for hydroxylation is 2. The maximum atomic E-state index is 12.5. The van der Waals surface area contributed by atoms with Gasteiger partial charge in [-0.2, -0.15) is 5.10 Å². The summed E-state index contributed by atoms with van der Waals surface area (Å²) < 4.78 is 12.7. The molecule has 0 aliphatic rings. The van der Waals surface area contributed by atoms with Crippen LogP contribution in [0.1, 0.15) is 40.1 Å². The normalized spacial score (nSPS) is 11.7. The number of hydrogen-bond acceptors (Lipinski definition) is 4. The summed E-state index contributed by atoms with van der Waals surface area (Å²) in [5.74, 6) is 1.44. The minimum Gasteiger partial charge on any atom is -0.497 e. The standard InChI is InChI=1S/C22H25N3O3/c1-15(21-13-25(3)24-16(21)2)23-22(26)18-7-5-17(6-8-18)14-28-20-11-9-19(27-4)10-12-20/h5-13,15H,14H2,1-4H3,(H,23,26). The molecule has 0 saturated heterocycles. The number of hydrogen-bond donors (Lipinski definition) is 1. The lowest BCUT2D eigenvalue weighted by Crippen LogP contribution is -2.26. The molecule has 2 aromatic carbocycles. The van der Waals surface area contributed by atoms with Crippen molar-refractivity contribution in [2.45, 2.75) is 26.5 Å². The van der Waals surface area contributed by atoms with Crippen molar-refractivity contribution in [2.24, 2.45) is 7.05 Å². The molecule has 1 N–H and O–H groups in total. The Morgan fingerprint density at radius 1 is 1.11 bits per heavy atom. The Bertz CT molecular complexity index is 931. The van der Waals surface area contributed by atoms with Crippen LogP contribution in [0.2, 0.25) is 0 Å². The van der Waals surface area contributed by atoms with Crippen molar-refractivity contribution in [1.29, 1.82) is 0 Å². The van der Waals surface area contributed by atoms with Gasteiger partial charge in [0, 0.05) is 24.4 Å². The van der Waals surface area contributed by atoms with Crippen molar-refractivity contribution in [3.05, 3.63) is 77.1 Å². The molecule has 0 bridgehead atoms. The van der Waals surface area contributed by atoms with Crippen molar-refractivity contribution in [3.8, 4) is 11.5 Å². The molecular formula is C22H25N3O3. The molecule has 28 heavy (non-hydrogen) atoms. The highest BCUT2D eigenvalue weighted by molar-refractivity contribution is 5.94. The molecule has 0 aliphatic heterocycles. The topological polar surface area (TPSA) is 65.4 Å². The summed E-state index contributed by atoms with van der Waals surface area (Å²) in [4.78, 5) is 12.5. The number of aromatic nitrogens is 2. The molecule has 1 aromatic heterocycles. The van der Waals surface area contributed by atoms with Crippen LogP contribution in [-0.2, 0) is 13.7 Å². The predicted molar refractivity (Wildman–Crippen MR) is 108 cm³/mol. The van der Waals surface area contributed by atoms with Gasteiger partial charge in [0.2, 0.25) is 0 Å². The molecule has 3 rings (SSSR count). The third kappa shape index (κ3) is 4.71. The Morgan fingerprint density at radius 2 is 1.75 bits per heavy atom. The van der Waals surface area contributed by atoms with Gasteiger partial charge in [-0.05, 0) is 55.8 Å². The summed E-state index contributed by atoms with van der Waals surface area (Å²) in [6.07, 6.45) is 1.93. The van der Waals surface area contributed by atoms with Gasteiger partial charge < -0.3 is 14.8 Å². The fraction of sp³-hybridized carbons (Fsp3) is 0.273. The van der Waals surface area contributed by atoms with Gasteiger partial charge in [-0.1, -0.05) is 12.1 Å². The third-order valence-electron chi connectivity index (χ3n) is 4.55. The molecule has 6 heteroatoms. The lowest BCUT2D eigenvalue weighted by molar-refractivity contribution is 0.0939. The number of carbonyl (C=O) groups excluding carboxylic acids is 1. The van der Waals surface area contributed by atoms with Crippen LogP contribution >= 0.6 is 0 Å². The lowest BCUT2D eigenvalue weighted by atomic mass is 10.1. The van der Waals surface area contributed by atoms with Gasteiger partial charge >= 0.3 is 0 Å². The lowest BCUT2D eigenvalue weighted by Gasteiger charge is -2.13. The van der Waals surface area contributed by atoms with Gasteiger partial charge in [-0.25, -0.2) is 0 Å². The van der Waals surface area contributed by atoms with Crippen LogP contribution in [0, 0.1) is 6.92 Å². The van der Waals surface area contributed by atoms with E-state index in [1.165, 1.54) is 0 Å². The van der Waals surface area contributed by atoms with E-state index in [-0.39, 0.29) is 11.9 Å². The zero-order valence-electron chi connectivity index (χ0n) is 16.6. The van der Waals surface area contributed by atoms with Crippen LogP contribution in [-0.4, -0.2) is 22.8 Å². The molecule has 0 spiro atoms. The molecule has 3 aromatic rings. The second-order valence-electron chi connectivity index (χ2n) is 6.70. The number of ether oxygens (including phenoxy) is 2. The quantitative estimate of drug-likeness (QED) is 0.678. The average Bonchev–Trinajstić information content (AvgIpc) is 3.05. The van der Waals surface area contributed by atoms with E-state index in [1.807, 2.05) is 75.6 Å². The van der Waals surface area contributed by atoms with E-state index < -0.39 is 0 Å². The Balaban J connectivity index is 1.56. The summed E-state index contributed by atoms with van der Waals surface area (Å²) in [5, 5.41) is 7.34. The maximum Gasteiger partial charge on any atom is 0.251 e. The van der Waals surface area contributed by atoms with E-state index >= 15 is 0 Å². The first-order chi connectivity index (χ1) is 13.5. The Hall–Kier alpha value is -3.28. The zero-order chi connectivity index (χ0) is 20.1. The van der Waals surface area contributed by atoms with E-state index in [4.69, 9.17) is 9.47 Å². The molecule has 1 unspecified atom stereocenters. The van der Waals surface area contributed by atoms with Gasteiger partial charge in [-0.15, -0.1) is 0 Å². The van der Waals surface area contributed by atoms with Crippen LogP contribution in [0.3, 0.4) is 0 Å². The summed E-state index contributed by atoms with van der Waals surface area (Å²) in [6, 6.07) is 14.7. The van der Waals surface area contributed by atoms with Gasteiger partial charge in [0.05, 0.1) is 18.8 Å². The van der Waals surface area contributed by atoms with Crippen LogP contribution in [0.25, 0.3) is 0 Å². The average molecular weight is 379 g/mol. The highest BCUT2D eigenvalue weighted by Gasteiger charge is 2.15. The molecule has 0 aliphatic carbocycles. The van der Waals surface area contributed by atoms with Crippen molar-refractivity contribution >= 4 is 5.91 Å². The summed E-state index contributed by atoms with van der Waals surface area (Å²) >= 11 is 0. The minimum absolute atomic E-state index is 0.112. The number of nitrogens with zero attached hydrogens (tertiary/aromatic N) is 2. The Labute approximate surface area is 165 Å². The van der Waals surface area contributed by atoms with Gasteiger partial charge in [0.1, 0.15) is 18.1 Å². The van der Waals surface area contributed by atoms with Crippen molar-refractivity contribution in [2.75, 3.05) is 7.11 Å². The van der Waals surface area contributed by atoms with Crippen molar-refractivity contribution < 1.29 is 14.3 Å². The van der Waals surface area contributed by atoms with Gasteiger partial charge in [0.25, 0.3) is 5.91 Å². The molecule has 6 nitrogen and oxygen atoms in total. The Morgan fingerprint density at radius 3 is 2.32 bits per heavy atom. The van der Waals surface area contributed by atoms with E-state index in [0.29, 0.717) is 12.2 Å². The smallest absolute Gasteiger partial charge is 0.251 e. The predicted octanol–water partition coefficient (Wildman–Crippen LogP) is 3.81. The largest absolute Gasteiger partial charge is 0.497 e. The highest BCUT2D eigenvalue weighted by atomic mass is 16.5. The van der Waals surface area contributed by atoms with Crippen molar-refractivity contribution in [3.63, 3.8) is 0 Å². The monoisotopic (exact) mass is 379 g/mol. The molecule has 1 heterocycles. The fourth-order valence-electron chi connectivity index (χ4n) is 2.99. The first-order valence-corrected chi connectivity index (χ1v) is 9.13. The molecule has 1 amide bonds. The number of benzene rings is 2. The molecular weight excluding hydrogens is 354 g/mol. The molecule has 1 atom stereocenters. The number of nitrogens with one attached hydrogen (secondary N) is 1. The summed E-state index contributed by atoms with van der Waals surface area (Å²) in [7, 11) is 3.50. The second-order valence-corrected chi connectivity index (χ2v) is 6.70. The third-order valence-corrected chi connectivity index (χ3v) is 4.55. The molecule has 146 valence electrons. The highest BCUT2D eigenvalue weighted by Crippen LogP contribution is 2.19. The zero-order valence-corrected chi connectivity index (χ0v) is 16.6. The first-order valence-electron chi connectivity index (χ1n) is 9.13. The van der Waals surface area contributed by atoms with E-state index in [9.17, 15) is 4.79 Å². The molecule has 0 radical (unpaired) electrons. The second kappa shape index (κ2) is 8.61. The fourth-order valence-corrected chi connectivity index (χ4v) is 2.99. The molecule has 0 saturated carbocycles. The maximum absolute atomic E-state index is 12.5. The number of carbonyl (C=O) groups is 1. The van der Waals surface area contributed by atoms with E-state index in [2.05, 4.69) is 10.4 Å². The van der Waals surface area contributed by atoms with Crippen LogP contribution < -0.4 is 14.8 Å². The van der Waals surface area contributed by atoms with E-state index in [0.717, 1.165) is 28.3 Å². The number of amides is 1. The van der Waals surface area contributed by atoms with Gasteiger partial charge in [-0.3, -0.25) is 9.48 Å². The summed E-state index contributed by atoms with van der Waals surface area (Å²) in [5.41, 5.74) is 3.53. The van der Waals surface area contributed by atoms with Crippen LogP contribution in [0.4, 0.5) is 0 Å². The summed E-state index contributed by atoms with van der Waals surface area (Å²) in [6.45, 7) is 4.33. The van der Waals surface area contributed by atoms with Crippen molar-refractivity contribution in [1.82, 2.24) is 15.1 Å². The van der Waals surface area contributed by atoms with Gasteiger partial charge in [0.15, 0.2) is 0 Å².